The van der Waals surface area contributed by atoms with Crippen molar-refractivity contribution in [2.24, 2.45) is 0 Å². The van der Waals surface area contributed by atoms with Crippen molar-refractivity contribution in [3.8, 4) is 0 Å². The lowest BCUT2D eigenvalue weighted by atomic mass is 10.3. The molecule has 0 rings (SSSR count). The van der Waals surface area contributed by atoms with Crippen LogP contribution in [0.15, 0.2) is 0 Å². The largest absolute Gasteiger partial charge is 0.379 e. The van der Waals surface area contributed by atoms with E-state index in [0.29, 0.717) is 32.3 Å². The molecule has 0 aliphatic heterocycles. The number of nitrogens with one attached hydrogen (secondary N) is 2. The van der Waals surface area contributed by atoms with E-state index in [1.165, 1.54) is 0 Å². The minimum atomic E-state index is 0.0503. The monoisotopic (exact) mass is 274 g/mol. The Morgan fingerprint density at radius 2 is 1.79 bits per heavy atom. The third-order valence-electron chi connectivity index (χ3n) is 2.38. The van der Waals surface area contributed by atoms with E-state index in [-0.39, 0.29) is 12.0 Å². The van der Waals surface area contributed by atoms with Crippen LogP contribution in [0.4, 0.5) is 0 Å². The van der Waals surface area contributed by atoms with Gasteiger partial charge < -0.3 is 20.1 Å². The van der Waals surface area contributed by atoms with Gasteiger partial charge >= 0.3 is 0 Å². The van der Waals surface area contributed by atoms with Crippen molar-refractivity contribution in [3.05, 3.63) is 0 Å². The fourth-order valence-electron chi connectivity index (χ4n) is 1.40. The molecule has 0 bridgehead atoms. The Morgan fingerprint density at radius 3 is 2.42 bits per heavy atom. The molecule has 0 atom stereocenters. The normalized spacial score (nSPS) is 11.3. The first-order chi connectivity index (χ1) is 9.02. The summed E-state index contributed by atoms with van der Waals surface area (Å²) in [5, 5.41) is 6.18. The van der Waals surface area contributed by atoms with Crippen molar-refractivity contribution >= 4 is 5.91 Å². The second kappa shape index (κ2) is 12.4. The van der Waals surface area contributed by atoms with Gasteiger partial charge in [0, 0.05) is 19.0 Å². The Bertz CT molecular complexity index is 221. The van der Waals surface area contributed by atoms with Crippen LogP contribution in [0.3, 0.4) is 0 Å². The molecule has 0 aromatic carbocycles. The van der Waals surface area contributed by atoms with E-state index in [4.69, 9.17) is 9.47 Å². The van der Waals surface area contributed by atoms with Crippen molar-refractivity contribution in [1.82, 2.24) is 10.6 Å². The average Bonchev–Trinajstić information content (AvgIpc) is 2.32. The molecule has 0 aliphatic carbocycles. The second-order valence-electron chi connectivity index (χ2n) is 5.09. The van der Waals surface area contributed by atoms with Crippen LogP contribution in [0.5, 0.6) is 0 Å². The minimum absolute atomic E-state index is 0.0503. The highest BCUT2D eigenvalue weighted by Gasteiger charge is 2.01. The molecule has 5 heteroatoms. The summed E-state index contributed by atoms with van der Waals surface area (Å²) in [4.78, 5) is 11.4. The van der Waals surface area contributed by atoms with Gasteiger partial charge in [-0.15, -0.1) is 0 Å². The van der Waals surface area contributed by atoms with Crippen LogP contribution in [0.25, 0.3) is 0 Å². The van der Waals surface area contributed by atoms with E-state index in [9.17, 15) is 4.79 Å². The molecule has 0 fully saturated rings. The van der Waals surface area contributed by atoms with Gasteiger partial charge in [-0.3, -0.25) is 4.79 Å². The first kappa shape index (κ1) is 18.4. The van der Waals surface area contributed by atoms with Crippen LogP contribution >= 0.6 is 0 Å². The van der Waals surface area contributed by atoms with Crippen LogP contribution in [0, 0.1) is 0 Å². The highest BCUT2D eigenvalue weighted by Crippen LogP contribution is 1.89. The maximum atomic E-state index is 11.4. The van der Waals surface area contributed by atoms with Crippen LogP contribution in [0.1, 0.15) is 40.5 Å². The second-order valence-corrected chi connectivity index (χ2v) is 5.09. The van der Waals surface area contributed by atoms with Crippen molar-refractivity contribution in [2.45, 2.75) is 52.7 Å². The van der Waals surface area contributed by atoms with E-state index < -0.39 is 0 Å². The molecule has 19 heavy (non-hydrogen) atoms. The first-order valence-corrected chi connectivity index (χ1v) is 7.21. The number of ether oxygens (including phenoxy) is 2. The molecule has 2 N–H and O–H groups in total. The third kappa shape index (κ3) is 15.3. The zero-order valence-electron chi connectivity index (χ0n) is 12.8. The molecule has 0 heterocycles. The number of hydrogen-bond acceptors (Lipinski definition) is 4. The number of hydrogen-bond donors (Lipinski definition) is 2. The molecule has 0 unspecified atom stereocenters. The maximum absolute atomic E-state index is 11.4. The fourth-order valence-corrected chi connectivity index (χ4v) is 1.40. The number of carbonyl (C=O) groups is 1. The highest BCUT2D eigenvalue weighted by molar-refractivity contribution is 5.75. The Hall–Kier alpha value is -0.650. The maximum Gasteiger partial charge on any atom is 0.222 e. The molecular weight excluding hydrogens is 244 g/mol. The number of carbonyl (C=O) groups excluding carboxylic acids is 1. The Kier molecular flexibility index (Phi) is 12.0. The molecule has 0 aromatic heterocycles. The summed E-state index contributed by atoms with van der Waals surface area (Å²) in [5.74, 6) is 0.0503. The topological polar surface area (TPSA) is 59.6 Å². The Morgan fingerprint density at radius 1 is 1.05 bits per heavy atom. The summed E-state index contributed by atoms with van der Waals surface area (Å²) in [7, 11) is 0. The minimum Gasteiger partial charge on any atom is -0.379 e. The smallest absolute Gasteiger partial charge is 0.222 e. The molecule has 0 spiro atoms. The lowest BCUT2D eigenvalue weighted by Crippen LogP contribution is -2.30. The van der Waals surface area contributed by atoms with Crippen molar-refractivity contribution in [1.29, 1.82) is 0 Å². The standard InChI is InChI=1S/C14H30N2O3/c1-12(2)15-7-5-8-16-14(17)6-9-18-10-11-19-13(3)4/h12-13,15H,5-11H2,1-4H3,(H,16,17). The summed E-state index contributed by atoms with van der Waals surface area (Å²) in [6, 6.07) is 0.497. The molecule has 0 aliphatic rings. The third-order valence-corrected chi connectivity index (χ3v) is 2.38. The van der Waals surface area contributed by atoms with Gasteiger partial charge in [-0.25, -0.2) is 0 Å². The molecule has 0 aromatic rings. The van der Waals surface area contributed by atoms with Crippen molar-refractivity contribution in [2.75, 3.05) is 32.9 Å². The molecule has 1 amide bonds. The van der Waals surface area contributed by atoms with Crippen LogP contribution in [-0.2, 0) is 14.3 Å². The van der Waals surface area contributed by atoms with Gasteiger partial charge in [0.2, 0.25) is 5.91 Å². The number of amides is 1. The first-order valence-electron chi connectivity index (χ1n) is 7.21. The van der Waals surface area contributed by atoms with Crippen molar-refractivity contribution in [3.63, 3.8) is 0 Å². The average molecular weight is 274 g/mol. The van der Waals surface area contributed by atoms with Crippen LogP contribution in [-0.4, -0.2) is 51.0 Å². The zero-order valence-corrected chi connectivity index (χ0v) is 12.8. The van der Waals surface area contributed by atoms with Gasteiger partial charge in [0.25, 0.3) is 0 Å². The summed E-state index contributed by atoms with van der Waals surface area (Å²) in [6.07, 6.45) is 1.60. The lowest BCUT2D eigenvalue weighted by molar-refractivity contribution is -0.122. The molecule has 0 saturated heterocycles. The molecular formula is C14H30N2O3. The zero-order chi connectivity index (χ0) is 14.5. The van der Waals surface area contributed by atoms with Gasteiger partial charge in [-0.05, 0) is 26.8 Å². The summed E-state index contributed by atoms with van der Waals surface area (Å²) < 4.78 is 10.6. The Labute approximate surface area is 117 Å². The van der Waals surface area contributed by atoms with Gasteiger partial charge in [-0.1, -0.05) is 13.8 Å². The summed E-state index contributed by atoms with van der Waals surface area (Å²) in [5.41, 5.74) is 0. The van der Waals surface area contributed by atoms with Gasteiger partial charge in [0.1, 0.15) is 0 Å². The van der Waals surface area contributed by atoms with Crippen LogP contribution in [0.2, 0.25) is 0 Å². The fraction of sp³-hybridized carbons (Fsp3) is 0.929. The van der Waals surface area contributed by atoms with E-state index >= 15 is 0 Å². The van der Waals surface area contributed by atoms with E-state index in [0.717, 1.165) is 19.5 Å². The number of rotatable bonds is 12. The molecule has 5 nitrogen and oxygen atoms in total. The SMILES string of the molecule is CC(C)NCCCNC(=O)CCOCCOC(C)C. The van der Waals surface area contributed by atoms with Crippen molar-refractivity contribution < 1.29 is 14.3 Å². The van der Waals surface area contributed by atoms with Crippen LogP contribution < -0.4 is 10.6 Å². The summed E-state index contributed by atoms with van der Waals surface area (Å²) >= 11 is 0. The van der Waals surface area contributed by atoms with Gasteiger partial charge in [0.15, 0.2) is 0 Å². The Balaban J connectivity index is 3.21. The van der Waals surface area contributed by atoms with E-state index in [1.54, 1.807) is 0 Å². The molecule has 0 radical (unpaired) electrons. The predicted octanol–water partition coefficient (Wildman–Crippen LogP) is 1.32. The quantitative estimate of drug-likeness (QED) is 0.527. The summed E-state index contributed by atoms with van der Waals surface area (Å²) in [6.45, 7) is 11.4. The van der Waals surface area contributed by atoms with E-state index in [2.05, 4.69) is 24.5 Å². The lowest BCUT2D eigenvalue weighted by Gasteiger charge is -2.09. The van der Waals surface area contributed by atoms with E-state index in [1.807, 2.05) is 13.8 Å². The van der Waals surface area contributed by atoms with Gasteiger partial charge in [-0.2, -0.15) is 0 Å². The predicted molar refractivity (Wildman–Crippen MR) is 77.3 cm³/mol. The molecule has 114 valence electrons. The highest BCUT2D eigenvalue weighted by atomic mass is 16.5. The molecule has 0 saturated carbocycles. The van der Waals surface area contributed by atoms with Gasteiger partial charge in [0.05, 0.1) is 25.9 Å².